The molecule has 0 radical (unpaired) electrons. The summed E-state index contributed by atoms with van der Waals surface area (Å²) in [5, 5.41) is 9.48. The van der Waals surface area contributed by atoms with Crippen LogP contribution in [-0.4, -0.2) is 28.0 Å². The fourth-order valence-corrected chi connectivity index (χ4v) is 3.67. The van der Waals surface area contributed by atoms with Crippen molar-refractivity contribution in [2.45, 2.75) is 52.1 Å². The minimum Gasteiger partial charge on any atom is -0.397 e. The van der Waals surface area contributed by atoms with Gasteiger partial charge in [0.05, 0.1) is 5.69 Å². The maximum atomic E-state index is 12.9. The average molecular weight is 350 g/mol. The van der Waals surface area contributed by atoms with E-state index in [0.29, 0.717) is 17.8 Å². The molecule has 2 N–H and O–H groups in total. The smallest absolute Gasteiger partial charge is 0.242 e. The molecule has 2 heterocycles. The maximum absolute atomic E-state index is 12.9. The van der Waals surface area contributed by atoms with Gasteiger partial charge in [-0.05, 0) is 44.7 Å². The van der Waals surface area contributed by atoms with Crippen molar-refractivity contribution in [3.05, 3.63) is 52.8 Å². The van der Waals surface area contributed by atoms with E-state index in [1.807, 2.05) is 11.8 Å². The zero-order valence-electron chi connectivity index (χ0n) is 15.5. The molecule has 1 atom stereocenters. The number of carbonyl (C=O) groups excluding carboxylic acids is 1. The molecule has 5 heteroatoms. The average Bonchev–Trinajstić information content (AvgIpc) is 2.92. The summed E-state index contributed by atoms with van der Waals surface area (Å²) in [7, 11) is 0. The topological polar surface area (TPSA) is 75.0 Å². The number of nitrogen functional groups attached to an aromatic ring is 1. The fraction of sp³-hybridized carbons (Fsp3) is 0.429. The lowest BCUT2D eigenvalue weighted by atomic mass is 10.0. The number of aromatic nitrogens is 1. The van der Waals surface area contributed by atoms with Gasteiger partial charge in [-0.3, -0.25) is 4.79 Å². The van der Waals surface area contributed by atoms with Crippen LogP contribution in [-0.2, 0) is 17.8 Å². The first-order valence-corrected chi connectivity index (χ1v) is 9.22. The fourth-order valence-electron chi connectivity index (χ4n) is 3.67. The highest BCUT2D eigenvalue weighted by Gasteiger charge is 2.25. The van der Waals surface area contributed by atoms with Crippen LogP contribution in [0, 0.1) is 18.3 Å². The van der Waals surface area contributed by atoms with Gasteiger partial charge in [0.1, 0.15) is 18.3 Å². The molecule has 1 aromatic heterocycles. The van der Waals surface area contributed by atoms with Crippen molar-refractivity contribution in [3.63, 3.8) is 0 Å². The molecule has 0 saturated carbocycles. The van der Waals surface area contributed by atoms with E-state index < -0.39 is 0 Å². The van der Waals surface area contributed by atoms with Gasteiger partial charge < -0.3 is 15.2 Å². The Morgan fingerprint density at radius 1 is 1.31 bits per heavy atom. The molecular weight excluding hydrogens is 324 g/mol. The van der Waals surface area contributed by atoms with Gasteiger partial charge in [0.2, 0.25) is 5.91 Å². The summed E-state index contributed by atoms with van der Waals surface area (Å²) < 4.78 is 1.79. The minimum atomic E-state index is 0.0643. The number of anilines is 1. The van der Waals surface area contributed by atoms with Crippen LogP contribution in [0.25, 0.3) is 0 Å². The molecule has 5 nitrogen and oxygen atoms in total. The largest absolute Gasteiger partial charge is 0.397 e. The Morgan fingerprint density at radius 2 is 2.04 bits per heavy atom. The van der Waals surface area contributed by atoms with Gasteiger partial charge in [0.25, 0.3) is 0 Å². The molecule has 1 fully saturated rings. The Hall–Kier alpha value is -2.74. The highest BCUT2D eigenvalue weighted by Crippen LogP contribution is 2.23. The van der Waals surface area contributed by atoms with Crippen molar-refractivity contribution in [3.8, 4) is 6.07 Å². The molecular formula is C21H26N4O. The summed E-state index contributed by atoms with van der Waals surface area (Å²) in [6, 6.07) is 12.4. The van der Waals surface area contributed by atoms with Crippen molar-refractivity contribution in [2.75, 3.05) is 12.3 Å². The van der Waals surface area contributed by atoms with Crippen molar-refractivity contribution in [2.24, 2.45) is 0 Å². The zero-order valence-corrected chi connectivity index (χ0v) is 15.5. The van der Waals surface area contributed by atoms with E-state index in [9.17, 15) is 10.1 Å². The molecule has 0 unspecified atom stereocenters. The van der Waals surface area contributed by atoms with Gasteiger partial charge in [0, 0.05) is 24.7 Å². The van der Waals surface area contributed by atoms with E-state index in [0.717, 1.165) is 30.6 Å². The van der Waals surface area contributed by atoms with Crippen molar-refractivity contribution < 1.29 is 4.79 Å². The third-order valence-electron chi connectivity index (χ3n) is 5.27. The number of nitriles is 1. The summed E-state index contributed by atoms with van der Waals surface area (Å²) in [6.07, 6.45) is 3.87. The van der Waals surface area contributed by atoms with Crippen LogP contribution in [0.3, 0.4) is 0 Å². The van der Waals surface area contributed by atoms with Gasteiger partial charge >= 0.3 is 0 Å². The quantitative estimate of drug-likeness (QED) is 0.920. The Bertz CT molecular complexity index is 829. The monoisotopic (exact) mass is 350 g/mol. The number of nitrogens with two attached hydrogens (primary N) is 1. The predicted molar refractivity (Wildman–Crippen MR) is 103 cm³/mol. The number of amides is 1. The van der Waals surface area contributed by atoms with Gasteiger partial charge in [-0.2, -0.15) is 5.26 Å². The normalized spacial score (nSPS) is 17.1. The first-order chi connectivity index (χ1) is 12.5. The number of nitrogens with zero attached hydrogens (tertiary/aromatic N) is 3. The van der Waals surface area contributed by atoms with Gasteiger partial charge in [-0.15, -0.1) is 0 Å². The SMILES string of the molecule is Cc1ccc(Cc2c(N)cc(C#N)n2CC(=O)N2CCCC[C@@H]2C)cc1. The second-order valence-corrected chi connectivity index (χ2v) is 7.22. The van der Waals surface area contributed by atoms with E-state index in [1.54, 1.807) is 10.6 Å². The van der Waals surface area contributed by atoms with Crippen molar-refractivity contribution in [1.29, 1.82) is 5.26 Å². The standard InChI is InChI=1S/C21H26N4O/c1-15-6-8-17(9-7-15)11-20-19(23)12-18(13-22)25(20)14-21(26)24-10-4-3-5-16(24)2/h6-9,12,16H,3-5,10-11,14,23H2,1-2H3/t16-/m0/s1. The van der Waals surface area contributed by atoms with E-state index in [1.165, 1.54) is 12.0 Å². The van der Waals surface area contributed by atoms with Gasteiger partial charge in [0.15, 0.2) is 0 Å². The summed E-state index contributed by atoms with van der Waals surface area (Å²) in [6.45, 7) is 5.12. The molecule has 3 rings (SSSR count). The molecule has 1 amide bonds. The predicted octanol–water partition coefficient (Wildman–Crippen LogP) is 3.24. The summed E-state index contributed by atoms with van der Waals surface area (Å²) in [5.74, 6) is 0.0643. The molecule has 0 aliphatic carbocycles. The van der Waals surface area contributed by atoms with Crippen LogP contribution in [0.4, 0.5) is 5.69 Å². The van der Waals surface area contributed by atoms with Crippen LogP contribution in [0.5, 0.6) is 0 Å². The molecule has 0 spiro atoms. The van der Waals surface area contributed by atoms with E-state index >= 15 is 0 Å². The Balaban J connectivity index is 1.86. The molecule has 136 valence electrons. The number of piperidine rings is 1. The van der Waals surface area contributed by atoms with Crippen molar-refractivity contribution in [1.82, 2.24) is 9.47 Å². The zero-order chi connectivity index (χ0) is 18.7. The number of carbonyl (C=O) groups is 1. The molecule has 0 bridgehead atoms. The van der Waals surface area contributed by atoms with Crippen LogP contribution < -0.4 is 5.73 Å². The van der Waals surface area contributed by atoms with Gasteiger partial charge in [-0.1, -0.05) is 29.8 Å². The molecule has 1 aliphatic heterocycles. The Labute approximate surface area is 155 Å². The third-order valence-corrected chi connectivity index (χ3v) is 5.27. The highest BCUT2D eigenvalue weighted by molar-refractivity contribution is 5.77. The number of hydrogen-bond acceptors (Lipinski definition) is 3. The molecule has 1 aliphatic rings. The molecule has 1 saturated heterocycles. The molecule has 2 aromatic rings. The summed E-state index contributed by atoms with van der Waals surface area (Å²) in [5.41, 5.74) is 10.3. The number of likely N-dealkylation sites (tertiary alicyclic amines) is 1. The number of aryl methyl sites for hydroxylation is 1. The van der Waals surface area contributed by atoms with Crippen LogP contribution >= 0.6 is 0 Å². The lowest BCUT2D eigenvalue weighted by Crippen LogP contribution is -2.43. The highest BCUT2D eigenvalue weighted by atomic mass is 16.2. The number of benzene rings is 1. The van der Waals surface area contributed by atoms with Crippen LogP contribution in [0.15, 0.2) is 30.3 Å². The van der Waals surface area contributed by atoms with Crippen LogP contribution in [0.2, 0.25) is 0 Å². The lowest BCUT2D eigenvalue weighted by molar-refractivity contribution is -0.135. The van der Waals surface area contributed by atoms with Crippen molar-refractivity contribution >= 4 is 11.6 Å². The third kappa shape index (κ3) is 3.75. The second-order valence-electron chi connectivity index (χ2n) is 7.22. The molecule has 26 heavy (non-hydrogen) atoms. The minimum absolute atomic E-state index is 0.0643. The van der Waals surface area contributed by atoms with E-state index in [-0.39, 0.29) is 18.5 Å². The second kappa shape index (κ2) is 7.65. The van der Waals surface area contributed by atoms with Gasteiger partial charge in [-0.25, -0.2) is 0 Å². The first kappa shape index (κ1) is 18.1. The number of rotatable bonds is 4. The van der Waals surface area contributed by atoms with E-state index in [2.05, 4.69) is 37.3 Å². The molecule has 1 aromatic carbocycles. The Morgan fingerprint density at radius 3 is 2.69 bits per heavy atom. The lowest BCUT2D eigenvalue weighted by Gasteiger charge is -2.33. The number of hydrogen-bond donors (Lipinski definition) is 1. The summed E-state index contributed by atoms with van der Waals surface area (Å²) >= 11 is 0. The van der Waals surface area contributed by atoms with E-state index in [4.69, 9.17) is 5.73 Å². The first-order valence-electron chi connectivity index (χ1n) is 9.22. The Kier molecular flexibility index (Phi) is 5.32. The summed E-state index contributed by atoms with van der Waals surface area (Å²) in [4.78, 5) is 14.8. The van der Waals surface area contributed by atoms with Crippen LogP contribution in [0.1, 0.15) is 48.7 Å². The maximum Gasteiger partial charge on any atom is 0.242 e.